The van der Waals surface area contributed by atoms with Crippen molar-refractivity contribution in [3.63, 3.8) is 0 Å². The first-order chi connectivity index (χ1) is 13.5. The Morgan fingerprint density at radius 2 is 2.14 bits per heavy atom. The van der Waals surface area contributed by atoms with E-state index in [9.17, 15) is 9.59 Å². The number of hydrogen-bond donors (Lipinski definition) is 1. The second-order valence-corrected chi connectivity index (χ2v) is 8.32. The lowest BCUT2D eigenvalue weighted by molar-refractivity contribution is -0.127. The number of nitrogens with one attached hydrogen (secondary N) is 1. The molecule has 6 nitrogen and oxygen atoms in total. The summed E-state index contributed by atoms with van der Waals surface area (Å²) in [4.78, 5) is 29.2. The van der Waals surface area contributed by atoms with Crippen LogP contribution in [-0.2, 0) is 20.7 Å². The van der Waals surface area contributed by atoms with Crippen molar-refractivity contribution in [2.45, 2.75) is 39.7 Å². The van der Waals surface area contributed by atoms with Crippen LogP contribution in [0.5, 0.6) is 0 Å². The molecule has 0 unspecified atom stereocenters. The average molecular weight is 388 g/mol. The molecule has 1 aromatic rings. The zero-order valence-corrected chi connectivity index (χ0v) is 17.3. The van der Waals surface area contributed by atoms with Crippen LogP contribution in [0.25, 0.3) is 0 Å². The normalized spacial score (nSPS) is 23.4. The van der Waals surface area contributed by atoms with Crippen molar-refractivity contribution in [3.8, 4) is 0 Å². The third-order valence-electron chi connectivity index (χ3n) is 5.48. The zero-order valence-electron chi connectivity index (χ0n) is 17.3. The van der Waals surface area contributed by atoms with Gasteiger partial charge >= 0.3 is 0 Å². The van der Waals surface area contributed by atoms with Crippen molar-refractivity contribution in [1.29, 1.82) is 0 Å². The van der Waals surface area contributed by atoms with Crippen molar-refractivity contribution < 1.29 is 14.3 Å². The van der Waals surface area contributed by atoms with Crippen LogP contribution in [0.4, 0.5) is 5.69 Å². The van der Waals surface area contributed by atoms with E-state index in [0.29, 0.717) is 25.6 Å². The fourth-order valence-corrected chi connectivity index (χ4v) is 4.02. The van der Waals surface area contributed by atoms with Gasteiger partial charge in [-0.1, -0.05) is 32.9 Å². The van der Waals surface area contributed by atoms with Gasteiger partial charge in [-0.15, -0.1) is 0 Å². The molecule has 0 bridgehead atoms. The van der Waals surface area contributed by atoms with E-state index in [1.165, 1.54) is 5.56 Å². The highest BCUT2D eigenvalue weighted by Gasteiger charge is 2.35. The molecule has 1 aromatic carbocycles. The maximum atomic E-state index is 12.6. The molecular weight excluding hydrogens is 354 g/mol. The van der Waals surface area contributed by atoms with Gasteiger partial charge in [0.2, 0.25) is 11.8 Å². The van der Waals surface area contributed by atoms with E-state index >= 15 is 0 Å². The molecule has 2 amide bonds. The van der Waals surface area contributed by atoms with Gasteiger partial charge in [0.05, 0.1) is 18.6 Å². The van der Waals surface area contributed by atoms with Crippen molar-refractivity contribution in [1.82, 2.24) is 10.2 Å². The molecule has 2 saturated heterocycles. The number of amides is 2. The second-order valence-electron chi connectivity index (χ2n) is 8.32. The van der Waals surface area contributed by atoms with E-state index in [-0.39, 0.29) is 30.3 Å². The Morgan fingerprint density at radius 3 is 2.89 bits per heavy atom. The number of hydrogen-bond acceptors (Lipinski definition) is 4. The molecule has 2 aliphatic heterocycles. The molecule has 0 aliphatic carbocycles. The summed E-state index contributed by atoms with van der Waals surface area (Å²) in [7, 11) is 0. The molecule has 1 N–H and O–H groups in total. The summed E-state index contributed by atoms with van der Waals surface area (Å²) in [5.41, 5.74) is 2.08. The summed E-state index contributed by atoms with van der Waals surface area (Å²) in [5, 5.41) is 3.01. The molecular formula is C22H33N3O3. The van der Waals surface area contributed by atoms with Crippen LogP contribution >= 0.6 is 0 Å². The van der Waals surface area contributed by atoms with E-state index in [2.05, 4.69) is 37.1 Å². The summed E-state index contributed by atoms with van der Waals surface area (Å²) in [5.74, 6) is 0.292. The Labute approximate surface area is 168 Å². The first-order valence-corrected chi connectivity index (χ1v) is 10.5. The molecule has 28 heavy (non-hydrogen) atoms. The Morgan fingerprint density at radius 1 is 1.32 bits per heavy atom. The molecule has 2 fully saturated rings. The molecule has 6 heteroatoms. The van der Waals surface area contributed by atoms with Gasteiger partial charge in [0.1, 0.15) is 0 Å². The molecule has 0 radical (unpaired) electrons. The van der Waals surface area contributed by atoms with Crippen LogP contribution in [0.1, 0.15) is 32.8 Å². The molecule has 0 saturated carbocycles. The number of carbonyl (C=O) groups is 2. The Balaban J connectivity index is 1.50. The second kappa shape index (κ2) is 9.52. The summed E-state index contributed by atoms with van der Waals surface area (Å²) in [6.07, 6.45) is 1.22. The highest BCUT2D eigenvalue weighted by molar-refractivity contribution is 6.00. The van der Waals surface area contributed by atoms with Crippen LogP contribution in [0.2, 0.25) is 0 Å². The number of benzene rings is 1. The lowest BCUT2D eigenvalue weighted by Crippen LogP contribution is -2.49. The summed E-state index contributed by atoms with van der Waals surface area (Å²) in [6.45, 7) is 11.0. The number of aryl methyl sites for hydroxylation is 1. The van der Waals surface area contributed by atoms with Crippen LogP contribution in [0, 0.1) is 11.8 Å². The van der Waals surface area contributed by atoms with Crippen molar-refractivity contribution >= 4 is 17.5 Å². The molecule has 3 rings (SSSR count). The molecule has 0 aromatic heterocycles. The fourth-order valence-electron chi connectivity index (χ4n) is 4.02. The van der Waals surface area contributed by atoms with Gasteiger partial charge in [-0.25, -0.2) is 0 Å². The molecule has 2 heterocycles. The zero-order chi connectivity index (χ0) is 20.1. The molecule has 2 aliphatic rings. The maximum absolute atomic E-state index is 12.6. The smallest absolute Gasteiger partial charge is 0.227 e. The number of anilines is 1. The predicted molar refractivity (Wildman–Crippen MR) is 110 cm³/mol. The minimum Gasteiger partial charge on any atom is -0.374 e. The SMILES string of the molecule is CCc1cccc(N2C[C@@H](C(=O)NC[C@H]3CN(CC(C)C)CCO3)CC2=O)c1. The van der Waals surface area contributed by atoms with Crippen LogP contribution in [0.15, 0.2) is 24.3 Å². The van der Waals surface area contributed by atoms with E-state index in [1.807, 2.05) is 18.2 Å². The molecule has 2 atom stereocenters. The van der Waals surface area contributed by atoms with Crippen molar-refractivity contribution in [2.75, 3.05) is 44.2 Å². The minimum absolute atomic E-state index is 0.0189. The summed E-state index contributed by atoms with van der Waals surface area (Å²) in [6, 6.07) is 8.01. The highest BCUT2D eigenvalue weighted by atomic mass is 16.5. The third kappa shape index (κ3) is 5.32. The number of carbonyl (C=O) groups excluding carboxylic acids is 2. The first kappa shape index (κ1) is 20.8. The predicted octanol–water partition coefficient (Wildman–Crippen LogP) is 2.07. The van der Waals surface area contributed by atoms with E-state index in [4.69, 9.17) is 4.74 Å². The largest absolute Gasteiger partial charge is 0.374 e. The average Bonchev–Trinajstić information content (AvgIpc) is 3.08. The standard InChI is InChI=1S/C22H33N3O3/c1-4-17-6-5-7-19(10-17)25-14-18(11-21(25)26)22(27)23-12-20-15-24(8-9-28-20)13-16(2)3/h5-7,10,16,18,20H,4,8-9,11-15H2,1-3H3,(H,23,27)/t18-,20-/m0/s1. The van der Waals surface area contributed by atoms with Gasteiger partial charge in [0.15, 0.2) is 0 Å². The Hall–Kier alpha value is -1.92. The maximum Gasteiger partial charge on any atom is 0.227 e. The topological polar surface area (TPSA) is 61.9 Å². The first-order valence-electron chi connectivity index (χ1n) is 10.5. The Kier molecular flexibility index (Phi) is 7.08. The van der Waals surface area contributed by atoms with Gasteiger partial charge in [-0.05, 0) is 30.0 Å². The highest BCUT2D eigenvalue weighted by Crippen LogP contribution is 2.26. The monoisotopic (exact) mass is 387 g/mol. The van der Waals surface area contributed by atoms with Crippen molar-refractivity contribution in [2.24, 2.45) is 11.8 Å². The number of nitrogens with zero attached hydrogens (tertiary/aromatic N) is 2. The van der Waals surface area contributed by atoms with E-state index in [0.717, 1.165) is 31.7 Å². The van der Waals surface area contributed by atoms with Gasteiger partial charge in [-0.2, -0.15) is 0 Å². The van der Waals surface area contributed by atoms with Gasteiger partial charge in [-0.3, -0.25) is 14.5 Å². The minimum atomic E-state index is -0.298. The van der Waals surface area contributed by atoms with Gasteiger partial charge < -0.3 is 15.0 Å². The van der Waals surface area contributed by atoms with Crippen molar-refractivity contribution in [3.05, 3.63) is 29.8 Å². The number of rotatable bonds is 7. The third-order valence-corrected chi connectivity index (χ3v) is 5.48. The van der Waals surface area contributed by atoms with Crippen LogP contribution < -0.4 is 10.2 Å². The van der Waals surface area contributed by atoms with Gasteiger partial charge in [0.25, 0.3) is 0 Å². The fraction of sp³-hybridized carbons (Fsp3) is 0.636. The van der Waals surface area contributed by atoms with Gasteiger partial charge in [0, 0.05) is 44.8 Å². The lowest BCUT2D eigenvalue weighted by atomic mass is 10.1. The molecule has 0 spiro atoms. The van der Waals surface area contributed by atoms with Crippen LogP contribution in [0.3, 0.4) is 0 Å². The van der Waals surface area contributed by atoms with E-state index in [1.54, 1.807) is 4.90 Å². The van der Waals surface area contributed by atoms with E-state index < -0.39 is 0 Å². The quantitative estimate of drug-likeness (QED) is 0.778. The molecule has 154 valence electrons. The lowest BCUT2D eigenvalue weighted by Gasteiger charge is -2.34. The number of ether oxygens (including phenoxy) is 1. The van der Waals surface area contributed by atoms with Crippen LogP contribution in [-0.4, -0.2) is 62.1 Å². The number of morpholine rings is 1. The summed E-state index contributed by atoms with van der Waals surface area (Å²) < 4.78 is 5.81. The summed E-state index contributed by atoms with van der Waals surface area (Å²) >= 11 is 0. The Bertz CT molecular complexity index is 691.